The van der Waals surface area contributed by atoms with Gasteiger partial charge in [-0.05, 0) is 30.2 Å². The van der Waals surface area contributed by atoms with Crippen LogP contribution in [0.1, 0.15) is 18.1 Å². The number of carbonyl (C=O) groups is 1. The van der Waals surface area contributed by atoms with Gasteiger partial charge >= 0.3 is 0 Å². The van der Waals surface area contributed by atoms with E-state index >= 15 is 0 Å². The van der Waals surface area contributed by atoms with Crippen molar-refractivity contribution in [1.82, 2.24) is 5.32 Å². The number of nitrogens with one attached hydrogen (secondary N) is 1. The smallest absolute Gasteiger partial charge is 0.224 e. The van der Waals surface area contributed by atoms with E-state index < -0.39 is 18.0 Å². The average molecular weight is 336 g/mol. The summed E-state index contributed by atoms with van der Waals surface area (Å²) in [6.45, 7) is 1.75. The minimum atomic E-state index is -0.690. The van der Waals surface area contributed by atoms with Gasteiger partial charge in [0.2, 0.25) is 5.91 Å². The van der Waals surface area contributed by atoms with Crippen LogP contribution >= 0.6 is 11.6 Å². The molecule has 23 heavy (non-hydrogen) atoms. The Morgan fingerprint density at radius 1 is 1.26 bits per heavy atom. The summed E-state index contributed by atoms with van der Waals surface area (Å²) >= 11 is 5.91. The molecule has 5 heteroatoms. The van der Waals surface area contributed by atoms with Gasteiger partial charge in [0.25, 0.3) is 0 Å². The Bertz CT molecular complexity index is 663. The number of hydrogen-bond acceptors (Lipinski definition) is 2. The first kappa shape index (κ1) is 17.4. The van der Waals surface area contributed by atoms with Gasteiger partial charge in [0.15, 0.2) is 0 Å². The van der Waals surface area contributed by atoms with E-state index in [1.54, 1.807) is 6.92 Å². The first-order chi connectivity index (χ1) is 11.0. The minimum Gasteiger partial charge on any atom is -0.391 e. The Hall–Kier alpha value is -1.91. The van der Waals surface area contributed by atoms with E-state index in [0.717, 1.165) is 5.56 Å². The molecule has 0 aliphatic carbocycles. The summed E-state index contributed by atoms with van der Waals surface area (Å²) in [7, 11) is 0. The molecular formula is C18H19ClFNO2. The molecule has 0 fully saturated rings. The fourth-order valence-electron chi connectivity index (χ4n) is 2.27. The molecule has 0 saturated carbocycles. The fourth-order valence-corrected chi connectivity index (χ4v) is 2.51. The van der Waals surface area contributed by atoms with Crippen LogP contribution in [0.2, 0.25) is 5.02 Å². The van der Waals surface area contributed by atoms with Crippen LogP contribution in [0, 0.1) is 5.82 Å². The number of rotatable bonds is 6. The van der Waals surface area contributed by atoms with Crippen LogP contribution in [-0.2, 0) is 17.6 Å². The van der Waals surface area contributed by atoms with Crippen LogP contribution in [0.5, 0.6) is 0 Å². The van der Waals surface area contributed by atoms with Crippen molar-refractivity contribution < 1.29 is 14.3 Å². The van der Waals surface area contributed by atoms with Gasteiger partial charge in [0, 0.05) is 11.4 Å². The second-order valence-electron chi connectivity index (χ2n) is 5.53. The number of benzene rings is 2. The van der Waals surface area contributed by atoms with Crippen molar-refractivity contribution in [2.75, 3.05) is 0 Å². The van der Waals surface area contributed by atoms with E-state index in [1.807, 2.05) is 30.3 Å². The van der Waals surface area contributed by atoms with Gasteiger partial charge in [-0.2, -0.15) is 0 Å². The molecule has 0 radical (unpaired) electrons. The summed E-state index contributed by atoms with van der Waals surface area (Å²) in [6.07, 6.45) is -0.189. The van der Waals surface area contributed by atoms with E-state index in [0.29, 0.717) is 12.0 Å². The van der Waals surface area contributed by atoms with Gasteiger partial charge in [0.05, 0.1) is 18.6 Å². The standard InChI is InChI=1S/C18H19ClFNO2/c1-12(17(22)9-13-5-3-2-4-6-13)21-18(23)10-14-7-8-15(20)11-16(14)19/h2-8,11-12,17,22H,9-10H2,1H3,(H,21,23). The summed E-state index contributed by atoms with van der Waals surface area (Å²) in [5.74, 6) is -0.705. The van der Waals surface area contributed by atoms with Crippen molar-refractivity contribution >= 4 is 17.5 Å². The molecule has 0 aliphatic rings. The highest BCUT2D eigenvalue weighted by molar-refractivity contribution is 6.31. The molecule has 2 aromatic carbocycles. The molecular weight excluding hydrogens is 317 g/mol. The van der Waals surface area contributed by atoms with Crippen LogP contribution < -0.4 is 5.32 Å². The normalized spacial score (nSPS) is 13.4. The van der Waals surface area contributed by atoms with Gasteiger partial charge in [-0.1, -0.05) is 48.0 Å². The SMILES string of the molecule is CC(NC(=O)Cc1ccc(F)cc1Cl)C(O)Cc1ccccc1. The number of halogens is 2. The van der Waals surface area contributed by atoms with E-state index in [4.69, 9.17) is 11.6 Å². The van der Waals surface area contributed by atoms with Gasteiger partial charge in [-0.15, -0.1) is 0 Å². The number of carbonyl (C=O) groups excluding carboxylic acids is 1. The highest BCUT2D eigenvalue weighted by Gasteiger charge is 2.17. The number of amides is 1. The predicted octanol–water partition coefficient (Wildman–Crippen LogP) is 3.13. The Kier molecular flexibility index (Phi) is 6.13. The van der Waals surface area contributed by atoms with Gasteiger partial charge in [-0.3, -0.25) is 4.79 Å². The molecule has 0 aliphatic heterocycles. The van der Waals surface area contributed by atoms with Gasteiger partial charge in [-0.25, -0.2) is 4.39 Å². The topological polar surface area (TPSA) is 49.3 Å². The Balaban J connectivity index is 1.88. The number of hydrogen-bond donors (Lipinski definition) is 2. The van der Waals surface area contributed by atoms with Crippen molar-refractivity contribution in [3.05, 3.63) is 70.5 Å². The zero-order valence-electron chi connectivity index (χ0n) is 12.8. The third-order valence-corrected chi connectivity index (χ3v) is 3.97. The van der Waals surface area contributed by atoms with Crippen LogP contribution in [0.4, 0.5) is 4.39 Å². The summed E-state index contributed by atoms with van der Waals surface area (Å²) < 4.78 is 13.0. The lowest BCUT2D eigenvalue weighted by atomic mass is 10.0. The first-order valence-electron chi connectivity index (χ1n) is 7.41. The second-order valence-corrected chi connectivity index (χ2v) is 5.93. The molecule has 3 nitrogen and oxygen atoms in total. The van der Waals surface area contributed by atoms with Crippen molar-refractivity contribution in [2.24, 2.45) is 0 Å². The largest absolute Gasteiger partial charge is 0.391 e. The van der Waals surface area contributed by atoms with Crippen molar-refractivity contribution in [3.63, 3.8) is 0 Å². The molecule has 2 rings (SSSR count). The molecule has 0 saturated heterocycles. The minimum absolute atomic E-state index is 0.0432. The molecule has 2 unspecified atom stereocenters. The number of aliphatic hydroxyl groups excluding tert-OH is 1. The third-order valence-electron chi connectivity index (χ3n) is 3.62. The number of aliphatic hydroxyl groups is 1. The molecule has 2 aromatic rings. The molecule has 0 bridgehead atoms. The molecule has 2 atom stereocenters. The fraction of sp³-hybridized carbons (Fsp3) is 0.278. The quantitative estimate of drug-likeness (QED) is 0.852. The summed E-state index contributed by atoms with van der Waals surface area (Å²) in [5, 5.41) is 13.2. The highest BCUT2D eigenvalue weighted by Crippen LogP contribution is 2.17. The van der Waals surface area contributed by atoms with Gasteiger partial charge < -0.3 is 10.4 Å². The molecule has 2 N–H and O–H groups in total. The molecule has 1 amide bonds. The van der Waals surface area contributed by atoms with Gasteiger partial charge in [0.1, 0.15) is 5.82 Å². The summed E-state index contributed by atoms with van der Waals surface area (Å²) in [6, 6.07) is 13.1. The van der Waals surface area contributed by atoms with E-state index in [2.05, 4.69) is 5.32 Å². The highest BCUT2D eigenvalue weighted by atomic mass is 35.5. The lowest BCUT2D eigenvalue weighted by Gasteiger charge is -2.20. The van der Waals surface area contributed by atoms with Crippen molar-refractivity contribution in [1.29, 1.82) is 0 Å². The third kappa shape index (κ3) is 5.34. The van der Waals surface area contributed by atoms with Crippen LogP contribution in [0.25, 0.3) is 0 Å². The van der Waals surface area contributed by atoms with E-state index in [9.17, 15) is 14.3 Å². The lowest BCUT2D eigenvalue weighted by molar-refractivity contribution is -0.121. The average Bonchev–Trinajstić information content (AvgIpc) is 2.51. The van der Waals surface area contributed by atoms with E-state index in [1.165, 1.54) is 18.2 Å². The van der Waals surface area contributed by atoms with Crippen molar-refractivity contribution in [3.8, 4) is 0 Å². The second kappa shape index (κ2) is 8.09. The Labute approximate surface area is 140 Å². The maximum absolute atomic E-state index is 13.0. The zero-order valence-corrected chi connectivity index (χ0v) is 13.6. The van der Waals surface area contributed by atoms with Crippen LogP contribution in [-0.4, -0.2) is 23.2 Å². The molecule has 122 valence electrons. The summed E-state index contributed by atoms with van der Waals surface area (Å²) in [5.41, 5.74) is 1.55. The maximum Gasteiger partial charge on any atom is 0.224 e. The molecule has 0 aromatic heterocycles. The summed E-state index contributed by atoms with van der Waals surface area (Å²) in [4.78, 5) is 12.0. The monoisotopic (exact) mass is 335 g/mol. The Morgan fingerprint density at radius 2 is 1.96 bits per heavy atom. The zero-order chi connectivity index (χ0) is 16.8. The Morgan fingerprint density at radius 3 is 2.61 bits per heavy atom. The van der Waals surface area contributed by atoms with E-state index in [-0.39, 0.29) is 17.4 Å². The predicted molar refractivity (Wildman–Crippen MR) is 88.9 cm³/mol. The lowest BCUT2D eigenvalue weighted by Crippen LogP contribution is -2.42. The molecule has 0 heterocycles. The van der Waals surface area contributed by atoms with Crippen LogP contribution in [0.15, 0.2) is 48.5 Å². The maximum atomic E-state index is 13.0. The van der Waals surface area contributed by atoms with Crippen molar-refractivity contribution in [2.45, 2.75) is 31.9 Å². The first-order valence-corrected chi connectivity index (χ1v) is 7.79. The van der Waals surface area contributed by atoms with Crippen LogP contribution in [0.3, 0.4) is 0 Å². The molecule has 0 spiro atoms.